The zero-order valence-corrected chi connectivity index (χ0v) is 25.4. The van der Waals surface area contributed by atoms with E-state index in [2.05, 4.69) is 44.3 Å². The molecule has 0 spiro atoms. The van der Waals surface area contributed by atoms with Crippen LogP contribution in [-0.4, -0.2) is 92.0 Å². The number of aromatic nitrogens is 1. The highest BCUT2D eigenvalue weighted by atomic mass is 32.2. The highest BCUT2D eigenvalue weighted by molar-refractivity contribution is 7.87. The summed E-state index contributed by atoms with van der Waals surface area (Å²) in [5.41, 5.74) is 4.95. The molecule has 1 saturated heterocycles. The Bertz CT molecular complexity index is 1610. The Kier molecular flexibility index (Phi) is 7.28. The summed E-state index contributed by atoms with van der Waals surface area (Å²) in [6.07, 6.45) is 7.00. The van der Waals surface area contributed by atoms with Crippen molar-refractivity contribution in [3.8, 4) is 17.0 Å². The van der Waals surface area contributed by atoms with Gasteiger partial charge in [0.1, 0.15) is 12.4 Å². The number of hydrogen-bond donors (Lipinski definition) is 1. The van der Waals surface area contributed by atoms with Crippen molar-refractivity contribution in [3.05, 3.63) is 53.6 Å². The van der Waals surface area contributed by atoms with Gasteiger partial charge in [0.15, 0.2) is 0 Å². The largest absolute Gasteiger partial charge is 0.491 e. The molecule has 3 atom stereocenters. The van der Waals surface area contributed by atoms with Crippen molar-refractivity contribution >= 4 is 27.0 Å². The molecule has 2 aromatic carbocycles. The van der Waals surface area contributed by atoms with E-state index in [0.29, 0.717) is 37.2 Å². The predicted octanol–water partition coefficient (Wildman–Crippen LogP) is 4.04. The van der Waals surface area contributed by atoms with Crippen molar-refractivity contribution in [1.29, 1.82) is 0 Å². The van der Waals surface area contributed by atoms with Gasteiger partial charge in [-0.3, -0.25) is 9.69 Å². The van der Waals surface area contributed by atoms with E-state index >= 15 is 0 Å². The van der Waals surface area contributed by atoms with Crippen LogP contribution < -0.4 is 9.46 Å². The summed E-state index contributed by atoms with van der Waals surface area (Å²) in [5, 5.41) is 1.15. The van der Waals surface area contributed by atoms with E-state index in [1.54, 1.807) is 6.07 Å². The van der Waals surface area contributed by atoms with Crippen LogP contribution in [0.5, 0.6) is 5.75 Å². The quantitative estimate of drug-likeness (QED) is 0.460. The fraction of sp³-hybridized carbons (Fsp3) is 0.531. The van der Waals surface area contributed by atoms with Gasteiger partial charge in [-0.1, -0.05) is 37.5 Å². The first-order valence-electron chi connectivity index (χ1n) is 15.4. The van der Waals surface area contributed by atoms with Gasteiger partial charge in [0.25, 0.3) is 5.91 Å². The topological polar surface area (TPSA) is 87.1 Å². The standard InChI is InChI=1S/C32H41N5O4S/c1-34-16-17-36-15-14-24(19-36)35(2)25-20-37-28-18-23(32(38)33-42(34,39)40)12-13-26(28)30(22-8-4-3-5-9-22)31(37)27-10-6-7-11-29(27)41-21-25/h6-7,10-13,18,22,24-25H,3-5,8-9,14-17,19-21H2,1-2H3,(H,33,38)/t24?,25-/m1/s1. The van der Waals surface area contributed by atoms with Crippen molar-refractivity contribution < 1.29 is 17.9 Å². The minimum Gasteiger partial charge on any atom is -0.491 e. The van der Waals surface area contributed by atoms with Crippen LogP contribution in [0.15, 0.2) is 42.5 Å². The number of nitrogens with one attached hydrogen (secondary N) is 1. The number of ether oxygens (including phenoxy) is 1. The molecule has 42 heavy (non-hydrogen) atoms. The van der Waals surface area contributed by atoms with Gasteiger partial charge >= 0.3 is 10.2 Å². The number of rotatable bonds is 1. The molecule has 3 aromatic rings. The van der Waals surface area contributed by atoms with E-state index in [4.69, 9.17) is 4.74 Å². The second-order valence-electron chi connectivity index (χ2n) is 12.6. The van der Waals surface area contributed by atoms with Gasteiger partial charge < -0.3 is 14.2 Å². The number of fused-ring (bicyclic) bond motifs is 6. The normalized spacial score (nSPS) is 27.4. The molecule has 2 unspecified atom stereocenters. The van der Waals surface area contributed by atoms with Crippen LogP contribution in [-0.2, 0) is 16.8 Å². The van der Waals surface area contributed by atoms with Gasteiger partial charge in [0, 0.05) is 61.3 Å². The van der Waals surface area contributed by atoms with Gasteiger partial charge in [0.05, 0.1) is 11.7 Å². The molecule has 1 amide bonds. The molecule has 4 aliphatic rings. The molecule has 9 nitrogen and oxygen atoms in total. The first kappa shape index (κ1) is 27.9. The Morgan fingerprint density at radius 1 is 0.905 bits per heavy atom. The highest BCUT2D eigenvalue weighted by Gasteiger charge is 2.35. The molecule has 4 heterocycles. The van der Waals surface area contributed by atoms with Crippen LogP contribution in [0.25, 0.3) is 22.2 Å². The van der Waals surface area contributed by atoms with Gasteiger partial charge in [-0.05, 0) is 68.6 Å². The summed E-state index contributed by atoms with van der Waals surface area (Å²) in [5.74, 6) is 0.716. The van der Waals surface area contributed by atoms with Gasteiger partial charge in [-0.25, -0.2) is 4.72 Å². The van der Waals surface area contributed by atoms with Crippen molar-refractivity contribution in [3.63, 3.8) is 0 Å². The summed E-state index contributed by atoms with van der Waals surface area (Å²) < 4.78 is 38.8. The number of likely N-dealkylation sites (N-methyl/N-ethyl adjacent to an activating group) is 2. The third-order valence-corrected chi connectivity index (χ3v) is 11.6. The van der Waals surface area contributed by atoms with Crippen LogP contribution >= 0.6 is 0 Å². The number of carbonyl (C=O) groups excluding carboxylic acids is 1. The second-order valence-corrected chi connectivity index (χ2v) is 14.3. The lowest BCUT2D eigenvalue weighted by molar-refractivity contribution is 0.0978. The zero-order chi connectivity index (χ0) is 29.0. The molecular weight excluding hydrogens is 550 g/mol. The van der Waals surface area contributed by atoms with Gasteiger partial charge in [0.2, 0.25) is 0 Å². The smallest absolute Gasteiger partial charge is 0.303 e. The summed E-state index contributed by atoms with van der Waals surface area (Å²) in [7, 11) is -0.230. The van der Waals surface area contributed by atoms with E-state index in [-0.39, 0.29) is 6.04 Å². The van der Waals surface area contributed by atoms with E-state index in [9.17, 15) is 13.2 Å². The number of benzene rings is 2. The molecule has 0 radical (unpaired) electrons. The second kappa shape index (κ2) is 11.0. The van der Waals surface area contributed by atoms with Crippen molar-refractivity contribution in [2.45, 2.75) is 63.1 Å². The van der Waals surface area contributed by atoms with Gasteiger partial charge in [-0.2, -0.15) is 12.7 Å². The van der Waals surface area contributed by atoms with Crippen LogP contribution in [0.1, 0.15) is 60.4 Å². The maximum absolute atomic E-state index is 13.4. The first-order chi connectivity index (χ1) is 20.3. The molecule has 224 valence electrons. The van der Waals surface area contributed by atoms with E-state index < -0.39 is 16.1 Å². The Hall–Kier alpha value is -2.92. The monoisotopic (exact) mass is 591 g/mol. The van der Waals surface area contributed by atoms with E-state index in [1.807, 2.05) is 18.2 Å². The molecule has 1 N–H and O–H groups in total. The Morgan fingerprint density at radius 3 is 2.55 bits per heavy atom. The van der Waals surface area contributed by atoms with Gasteiger partial charge in [-0.15, -0.1) is 0 Å². The summed E-state index contributed by atoms with van der Waals surface area (Å²) in [6, 6.07) is 14.6. The highest BCUT2D eigenvalue weighted by Crippen LogP contribution is 2.47. The fourth-order valence-corrected chi connectivity index (χ4v) is 8.42. The number of para-hydroxylation sites is 1. The van der Waals surface area contributed by atoms with Crippen molar-refractivity contribution in [2.75, 3.05) is 46.9 Å². The Morgan fingerprint density at radius 2 is 1.71 bits per heavy atom. The number of carbonyl (C=O) groups is 1. The third kappa shape index (κ3) is 4.92. The SMILES string of the molecule is CN1C2CCN(CCN(C)S(=O)(=O)NC(=O)c3ccc4c(C5CCCCC5)c5n(c4c3)C[C@@H]1COc1ccccc1-5)C2. The molecule has 10 heteroatoms. The van der Waals surface area contributed by atoms with Crippen LogP contribution in [0, 0.1) is 0 Å². The average Bonchev–Trinajstić information content (AvgIpc) is 3.58. The Labute approximate surface area is 248 Å². The maximum atomic E-state index is 13.4. The third-order valence-electron chi connectivity index (χ3n) is 10.1. The molecule has 3 aliphatic heterocycles. The molecule has 6 bridgehead atoms. The molecule has 7 rings (SSSR count). The molecular formula is C32H41N5O4S. The molecule has 1 aromatic heterocycles. The molecule has 1 aliphatic carbocycles. The molecule has 2 fully saturated rings. The summed E-state index contributed by atoms with van der Waals surface area (Å²) >= 11 is 0. The lowest BCUT2D eigenvalue weighted by Gasteiger charge is -2.36. The van der Waals surface area contributed by atoms with Crippen molar-refractivity contribution in [1.82, 2.24) is 23.4 Å². The van der Waals surface area contributed by atoms with Crippen molar-refractivity contribution in [2.24, 2.45) is 0 Å². The van der Waals surface area contributed by atoms with Crippen LogP contribution in [0.4, 0.5) is 0 Å². The average molecular weight is 592 g/mol. The van der Waals surface area contributed by atoms with Crippen LogP contribution in [0.3, 0.4) is 0 Å². The number of amides is 1. The van der Waals surface area contributed by atoms with E-state index in [1.165, 1.54) is 41.9 Å². The molecule has 1 saturated carbocycles. The lowest BCUT2D eigenvalue weighted by Crippen LogP contribution is -2.48. The minimum absolute atomic E-state index is 0.130. The number of nitrogens with zero attached hydrogens (tertiary/aromatic N) is 4. The number of hydrogen-bond acceptors (Lipinski definition) is 6. The summed E-state index contributed by atoms with van der Waals surface area (Å²) in [4.78, 5) is 18.2. The van der Waals surface area contributed by atoms with E-state index in [0.717, 1.165) is 61.1 Å². The first-order valence-corrected chi connectivity index (χ1v) is 16.8. The lowest BCUT2D eigenvalue weighted by atomic mass is 9.81. The predicted molar refractivity (Wildman–Crippen MR) is 164 cm³/mol. The van der Waals surface area contributed by atoms with Crippen LogP contribution in [0.2, 0.25) is 0 Å². The fourth-order valence-electron chi connectivity index (χ4n) is 7.59. The minimum atomic E-state index is -3.97. The Balaban J connectivity index is 1.45. The maximum Gasteiger partial charge on any atom is 0.303 e. The zero-order valence-electron chi connectivity index (χ0n) is 24.6. The summed E-state index contributed by atoms with van der Waals surface area (Å²) in [6.45, 7) is 4.03.